The van der Waals surface area contributed by atoms with Gasteiger partial charge in [0.1, 0.15) is 11.8 Å². The Morgan fingerprint density at radius 2 is 1.80 bits per heavy atom. The van der Waals surface area contributed by atoms with Crippen LogP contribution in [0.25, 0.3) is 0 Å². The molecule has 1 aromatic rings. The van der Waals surface area contributed by atoms with Crippen molar-refractivity contribution < 1.29 is 24.3 Å². The van der Waals surface area contributed by atoms with E-state index in [2.05, 4.69) is 5.32 Å². The Labute approximate surface area is 113 Å². The molecular formula is C13H10N2O5. The molecule has 0 bridgehead atoms. The Kier molecular flexibility index (Phi) is 2.56. The average Bonchev–Trinajstić information content (AvgIpc) is 2.63. The molecule has 1 fully saturated rings. The number of aromatic hydroxyl groups is 1. The van der Waals surface area contributed by atoms with Crippen LogP contribution < -0.4 is 5.32 Å². The van der Waals surface area contributed by atoms with Crippen LogP contribution in [0.3, 0.4) is 0 Å². The van der Waals surface area contributed by atoms with Crippen molar-refractivity contribution in [2.24, 2.45) is 0 Å². The minimum atomic E-state index is -0.984. The zero-order valence-corrected chi connectivity index (χ0v) is 10.3. The molecule has 2 N–H and O–H groups in total. The fourth-order valence-corrected chi connectivity index (χ4v) is 2.46. The number of carbonyl (C=O) groups is 4. The highest BCUT2D eigenvalue weighted by atomic mass is 16.3. The maximum absolute atomic E-state index is 12.2. The van der Waals surface area contributed by atoms with Gasteiger partial charge in [-0.1, -0.05) is 0 Å². The fraction of sp³-hybridized carbons (Fsp3) is 0.231. The van der Waals surface area contributed by atoms with Gasteiger partial charge in [0.25, 0.3) is 11.8 Å². The molecule has 0 radical (unpaired) electrons. The summed E-state index contributed by atoms with van der Waals surface area (Å²) in [4.78, 5) is 48.2. The first-order chi connectivity index (χ1) is 9.49. The number of fused-ring (bicyclic) bond motifs is 1. The van der Waals surface area contributed by atoms with Crippen molar-refractivity contribution in [1.29, 1.82) is 0 Å². The van der Waals surface area contributed by atoms with Gasteiger partial charge in [0, 0.05) is 6.42 Å². The summed E-state index contributed by atoms with van der Waals surface area (Å²) in [5.74, 6) is -2.41. The summed E-state index contributed by atoms with van der Waals surface area (Å²) in [6, 6.07) is 2.86. The van der Waals surface area contributed by atoms with E-state index in [9.17, 15) is 24.3 Å². The van der Waals surface area contributed by atoms with Gasteiger partial charge in [-0.3, -0.25) is 29.4 Å². The lowest BCUT2D eigenvalue weighted by molar-refractivity contribution is -0.136. The van der Waals surface area contributed by atoms with Crippen molar-refractivity contribution in [2.75, 3.05) is 0 Å². The monoisotopic (exact) mass is 274 g/mol. The van der Waals surface area contributed by atoms with Gasteiger partial charge in [0.2, 0.25) is 11.8 Å². The molecule has 0 saturated carbocycles. The number of nitrogens with one attached hydrogen (secondary N) is 1. The molecule has 0 aromatic heterocycles. The van der Waals surface area contributed by atoms with E-state index >= 15 is 0 Å². The Morgan fingerprint density at radius 3 is 2.50 bits per heavy atom. The van der Waals surface area contributed by atoms with Crippen LogP contribution in [0.1, 0.15) is 33.6 Å². The summed E-state index contributed by atoms with van der Waals surface area (Å²) in [7, 11) is 0. The van der Waals surface area contributed by atoms with Crippen molar-refractivity contribution in [3.63, 3.8) is 0 Å². The van der Waals surface area contributed by atoms with Crippen LogP contribution in [0.2, 0.25) is 0 Å². The van der Waals surface area contributed by atoms with Crippen LogP contribution in [-0.2, 0) is 9.59 Å². The molecule has 7 nitrogen and oxygen atoms in total. The first-order valence-corrected chi connectivity index (χ1v) is 6.03. The Bertz CT molecular complexity index is 667. The first kappa shape index (κ1) is 12.3. The van der Waals surface area contributed by atoms with Gasteiger partial charge in [-0.15, -0.1) is 0 Å². The summed E-state index contributed by atoms with van der Waals surface area (Å²) in [6.45, 7) is 0. The van der Waals surface area contributed by atoms with Crippen molar-refractivity contribution in [3.05, 3.63) is 29.3 Å². The number of amides is 4. The Balaban J connectivity index is 1.97. The number of benzene rings is 1. The van der Waals surface area contributed by atoms with Crippen molar-refractivity contribution >= 4 is 23.6 Å². The molecular weight excluding hydrogens is 264 g/mol. The number of carbonyl (C=O) groups excluding carboxylic acids is 4. The molecule has 20 heavy (non-hydrogen) atoms. The van der Waals surface area contributed by atoms with Crippen molar-refractivity contribution in [1.82, 2.24) is 10.2 Å². The lowest BCUT2D eigenvalue weighted by atomic mass is 10.0. The first-order valence-electron chi connectivity index (χ1n) is 6.03. The fourth-order valence-electron chi connectivity index (χ4n) is 2.46. The zero-order chi connectivity index (χ0) is 14.4. The summed E-state index contributed by atoms with van der Waals surface area (Å²) < 4.78 is 0. The van der Waals surface area contributed by atoms with E-state index in [-0.39, 0.29) is 29.7 Å². The zero-order valence-electron chi connectivity index (χ0n) is 10.3. The van der Waals surface area contributed by atoms with Crippen molar-refractivity contribution in [2.45, 2.75) is 18.9 Å². The molecule has 1 atom stereocenters. The van der Waals surface area contributed by atoms with E-state index < -0.39 is 29.7 Å². The molecule has 2 heterocycles. The van der Waals surface area contributed by atoms with Crippen LogP contribution in [-0.4, -0.2) is 39.7 Å². The van der Waals surface area contributed by atoms with Gasteiger partial charge in [-0.05, 0) is 24.6 Å². The molecule has 0 spiro atoms. The summed E-state index contributed by atoms with van der Waals surface area (Å²) in [6.07, 6.45) is 0.192. The van der Waals surface area contributed by atoms with Crippen LogP contribution in [0, 0.1) is 0 Å². The highest BCUT2D eigenvalue weighted by Crippen LogP contribution is 2.29. The second-order valence-corrected chi connectivity index (χ2v) is 4.68. The maximum atomic E-state index is 12.2. The summed E-state index contributed by atoms with van der Waals surface area (Å²) in [5, 5.41) is 11.5. The largest absolute Gasteiger partial charge is 0.508 e. The SMILES string of the molecule is O=C1CCC(N2C(=O)c3ccc(O)cc3C2=O)C(=O)N1. The van der Waals surface area contributed by atoms with Gasteiger partial charge in [0.05, 0.1) is 11.1 Å². The predicted octanol–water partition coefficient (Wildman–Crippen LogP) is -0.207. The van der Waals surface area contributed by atoms with Gasteiger partial charge >= 0.3 is 0 Å². The number of phenolic OH excluding ortho intramolecular Hbond substituents is 1. The quantitative estimate of drug-likeness (QED) is 0.690. The molecule has 3 rings (SSSR count). The number of hydrogen-bond acceptors (Lipinski definition) is 5. The van der Waals surface area contributed by atoms with Crippen LogP contribution in [0.15, 0.2) is 18.2 Å². The van der Waals surface area contributed by atoms with E-state index in [4.69, 9.17) is 0 Å². The van der Waals surface area contributed by atoms with E-state index in [1.165, 1.54) is 18.2 Å². The maximum Gasteiger partial charge on any atom is 0.262 e. The predicted molar refractivity (Wildman–Crippen MR) is 64.8 cm³/mol. The summed E-state index contributed by atoms with van der Waals surface area (Å²) >= 11 is 0. The number of hydrogen-bond donors (Lipinski definition) is 2. The third-order valence-corrected chi connectivity index (χ3v) is 3.42. The molecule has 7 heteroatoms. The standard InChI is InChI=1S/C13H10N2O5/c16-6-1-2-7-8(5-6)13(20)15(12(7)19)9-3-4-10(17)14-11(9)18/h1-2,5,9,16H,3-4H2,(H,14,17,18). The molecule has 2 aliphatic heterocycles. The molecule has 1 unspecified atom stereocenters. The van der Waals surface area contributed by atoms with Crippen molar-refractivity contribution in [3.8, 4) is 5.75 Å². The van der Waals surface area contributed by atoms with Gasteiger partial charge in [-0.25, -0.2) is 0 Å². The molecule has 1 aromatic carbocycles. The molecule has 2 aliphatic rings. The van der Waals surface area contributed by atoms with E-state index in [0.717, 1.165) is 4.90 Å². The third-order valence-electron chi connectivity index (χ3n) is 3.42. The number of nitrogens with zero attached hydrogens (tertiary/aromatic N) is 1. The topological polar surface area (TPSA) is 104 Å². The molecule has 4 amide bonds. The third kappa shape index (κ3) is 1.67. The average molecular weight is 274 g/mol. The second kappa shape index (κ2) is 4.16. The highest BCUT2D eigenvalue weighted by Gasteiger charge is 2.44. The second-order valence-electron chi connectivity index (χ2n) is 4.68. The minimum absolute atomic E-state index is 0.0692. The van der Waals surface area contributed by atoms with Crippen LogP contribution in [0.5, 0.6) is 5.75 Å². The lowest BCUT2D eigenvalue weighted by Gasteiger charge is -2.27. The van der Waals surface area contributed by atoms with Crippen LogP contribution >= 0.6 is 0 Å². The smallest absolute Gasteiger partial charge is 0.262 e. The number of imide groups is 2. The van der Waals surface area contributed by atoms with Crippen LogP contribution in [0.4, 0.5) is 0 Å². The Morgan fingerprint density at radius 1 is 1.10 bits per heavy atom. The van der Waals surface area contributed by atoms with E-state index in [0.29, 0.717) is 0 Å². The minimum Gasteiger partial charge on any atom is -0.508 e. The number of phenols is 1. The summed E-state index contributed by atoms with van der Waals surface area (Å²) in [5.41, 5.74) is 0.220. The van der Waals surface area contributed by atoms with Gasteiger partial charge < -0.3 is 5.11 Å². The van der Waals surface area contributed by atoms with E-state index in [1.807, 2.05) is 0 Å². The Hall–Kier alpha value is -2.70. The normalized spacial score (nSPS) is 22.0. The highest BCUT2D eigenvalue weighted by molar-refractivity contribution is 6.23. The molecule has 0 aliphatic carbocycles. The number of piperidine rings is 1. The van der Waals surface area contributed by atoms with Gasteiger partial charge in [-0.2, -0.15) is 0 Å². The number of rotatable bonds is 1. The van der Waals surface area contributed by atoms with E-state index in [1.54, 1.807) is 0 Å². The lowest BCUT2D eigenvalue weighted by Crippen LogP contribution is -2.54. The molecule has 1 saturated heterocycles. The van der Waals surface area contributed by atoms with Gasteiger partial charge in [0.15, 0.2) is 0 Å². The molecule has 102 valence electrons.